The van der Waals surface area contributed by atoms with E-state index in [-0.39, 0.29) is 5.78 Å². The minimum Gasteiger partial charge on any atom is -0.360 e. The van der Waals surface area contributed by atoms with Gasteiger partial charge in [0, 0.05) is 28.7 Å². The summed E-state index contributed by atoms with van der Waals surface area (Å²) in [5.74, 6) is 0.498. The first-order valence-electron chi connectivity index (χ1n) is 9.59. The molecule has 0 aliphatic heterocycles. The monoisotopic (exact) mass is 400 g/mol. The molecule has 0 saturated heterocycles. The number of rotatable bonds is 7. The Balaban J connectivity index is 1.38. The van der Waals surface area contributed by atoms with Gasteiger partial charge in [0.2, 0.25) is 5.13 Å². The van der Waals surface area contributed by atoms with E-state index in [9.17, 15) is 4.79 Å². The largest absolute Gasteiger partial charge is 0.360 e. The number of nitrogens with zero attached hydrogens (tertiary/aromatic N) is 2. The van der Waals surface area contributed by atoms with Crippen molar-refractivity contribution in [2.75, 3.05) is 11.1 Å². The zero-order valence-corrected chi connectivity index (χ0v) is 17.1. The molecule has 0 atom stereocenters. The van der Waals surface area contributed by atoms with E-state index in [0.717, 1.165) is 32.4 Å². The maximum atomic E-state index is 12.7. The SMILES string of the molecule is CCc1cccc2c(C(=O)CSc3nnc(NC4CCCCC4)s3)c[nH]c12. The van der Waals surface area contributed by atoms with Gasteiger partial charge in [-0.1, -0.05) is 67.5 Å². The highest BCUT2D eigenvalue weighted by Gasteiger charge is 2.17. The lowest BCUT2D eigenvalue weighted by molar-refractivity contribution is 0.102. The van der Waals surface area contributed by atoms with Crippen molar-refractivity contribution in [2.45, 2.75) is 55.8 Å². The van der Waals surface area contributed by atoms with Gasteiger partial charge >= 0.3 is 0 Å². The lowest BCUT2D eigenvalue weighted by atomic mass is 9.96. The number of carbonyl (C=O) groups is 1. The van der Waals surface area contributed by atoms with Gasteiger partial charge in [0.05, 0.1) is 5.75 Å². The first kappa shape index (κ1) is 18.5. The Hall–Kier alpha value is -1.86. The van der Waals surface area contributed by atoms with Crippen LogP contribution >= 0.6 is 23.1 Å². The van der Waals surface area contributed by atoms with Crippen LogP contribution in [0, 0.1) is 0 Å². The number of hydrogen-bond donors (Lipinski definition) is 2. The molecule has 0 unspecified atom stereocenters. The molecule has 27 heavy (non-hydrogen) atoms. The fourth-order valence-corrected chi connectivity index (χ4v) is 5.41. The summed E-state index contributed by atoms with van der Waals surface area (Å²) in [7, 11) is 0. The molecule has 1 aliphatic carbocycles. The van der Waals surface area contributed by atoms with Crippen LogP contribution in [0.15, 0.2) is 28.7 Å². The smallest absolute Gasteiger partial charge is 0.206 e. The molecule has 1 aromatic carbocycles. The highest BCUT2D eigenvalue weighted by atomic mass is 32.2. The van der Waals surface area contributed by atoms with E-state index in [4.69, 9.17) is 0 Å². The van der Waals surface area contributed by atoms with Gasteiger partial charge in [-0.05, 0) is 24.8 Å². The molecular formula is C20H24N4OS2. The molecule has 1 saturated carbocycles. The molecular weight excluding hydrogens is 376 g/mol. The summed E-state index contributed by atoms with van der Waals surface area (Å²) in [4.78, 5) is 16.0. The molecule has 0 amide bonds. The van der Waals surface area contributed by atoms with Crippen LogP contribution in [0.25, 0.3) is 10.9 Å². The molecule has 0 radical (unpaired) electrons. The van der Waals surface area contributed by atoms with E-state index in [2.05, 4.69) is 33.5 Å². The van der Waals surface area contributed by atoms with Gasteiger partial charge in [-0.25, -0.2) is 0 Å². The second-order valence-corrected chi connectivity index (χ2v) is 9.16. The summed E-state index contributed by atoms with van der Waals surface area (Å²) in [6.07, 6.45) is 9.12. The number of ketones is 1. The molecule has 7 heteroatoms. The number of fused-ring (bicyclic) bond motifs is 1. The average molecular weight is 401 g/mol. The van der Waals surface area contributed by atoms with Crippen LogP contribution in [0.5, 0.6) is 0 Å². The topological polar surface area (TPSA) is 70.7 Å². The number of thioether (sulfide) groups is 1. The Kier molecular flexibility index (Phi) is 5.78. The molecule has 0 bridgehead atoms. The minimum atomic E-state index is 0.122. The van der Waals surface area contributed by atoms with Gasteiger partial charge in [0.15, 0.2) is 10.1 Å². The Labute approximate surface area is 167 Å². The summed E-state index contributed by atoms with van der Waals surface area (Å²) >= 11 is 3.01. The fourth-order valence-electron chi connectivity index (χ4n) is 3.70. The molecule has 3 aromatic rings. The van der Waals surface area contributed by atoms with Gasteiger partial charge in [0.25, 0.3) is 0 Å². The van der Waals surface area contributed by atoms with Crippen molar-refractivity contribution >= 4 is 44.9 Å². The Morgan fingerprint density at radius 3 is 2.96 bits per heavy atom. The summed E-state index contributed by atoms with van der Waals surface area (Å²) in [6.45, 7) is 2.13. The van der Waals surface area contributed by atoms with Gasteiger partial charge < -0.3 is 10.3 Å². The third-order valence-corrected chi connectivity index (χ3v) is 7.14. The Morgan fingerprint density at radius 2 is 2.15 bits per heavy atom. The summed E-state index contributed by atoms with van der Waals surface area (Å²) in [5.41, 5.74) is 3.07. The van der Waals surface area contributed by atoms with Gasteiger partial charge in [-0.2, -0.15) is 0 Å². The van der Waals surface area contributed by atoms with Crippen LogP contribution in [0.1, 0.15) is 54.9 Å². The number of aryl methyl sites for hydroxylation is 1. The fraction of sp³-hybridized carbons (Fsp3) is 0.450. The van der Waals surface area contributed by atoms with Crippen LogP contribution in [-0.2, 0) is 6.42 Å². The maximum absolute atomic E-state index is 12.7. The number of hydrogen-bond acceptors (Lipinski definition) is 6. The number of Topliss-reactive ketones (excluding diaryl/α,β-unsaturated/α-hetero) is 1. The number of anilines is 1. The highest BCUT2D eigenvalue weighted by Crippen LogP contribution is 2.30. The van der Waals surface area contributed by atoms with Crippen molar-refractivity contribution in [3.05, 3.63) is 35.5 Å². The lowest BCUT2D eigenvalue weighted by Gasteiger charge is -2.21. The van der Waals surface area contributed by atoms with Crippen LogP contribution in [-0.4, -0.2) is 32.8 Å². The minimum absolute atomic E-state index is 0.122. The second-order valence-electron chi connectivity index (χ2n) is 6.96. The van der Waals surface area contributed by atoms with Crippen molar-refractivity contribution in [1.29, 1.82) is 0 Å². The van der Waals surface area contributed by atoms with Gasteiger partial charge in [-0.3, -0.25) is 4.79 Å². The van der Waals surface area contributed by atoms with E-state index in [1.165, 1.54) is 49.4 Å². The maximum Gasteiger partial charge on any atom is 0.206 e. The lowest BCUT2D eigenvalue weighted by Crippen LogP contribution is -2.21. The zero-order valence-electron chi connectivity index (χ0n) is 15.5. The summed E-state index contributed by atoms with van der Waals surface area (Å²) < 4.78 is 0.843. The third-order valence-electron chi connectivity index (χ3n) is 5.15. The van der Waals surface area contributed by atoms with Crippen LogP contribution in [0.3, 0.4) is 0 Å². The number of para-hydroxylation sites is 1. The zero-order chi connectivity index (χ0) is 18.6. The highest BCUT2D eigenvalue weighted by molar-refractivity contribution is 8.01. The second kappa shape index (κ2) is 8.44. The number of nitrogens with one attached hydrogen (secondary N) is 2. The number of H-pyrrole nitrogens is 1. The standard InChI is InChI=1S/C20H24N4OS2/c1-2-13-7-6-10-15-16(11-21-18(13)15)17(25)12-26-20-24-23-19(27-20)22-14-8-4-3-5-9-14/h6-7,10-11,14,21H,2-5,8-9,12H2,1H3,(H,22,23). The molecule has 142 valence electrons. The van der Waals surface area contributed by atoms with E-state index in [0.29, 0.717) is 11.8 Å². The molecule has 0 spiro atoms. The van der Waals surface area contributed by atoms with E-state index in [1.54, 1.807) is 11.3 Å². The predicted molar refractivity (Wildman–Crippen MR) is 113 cm³/mol. The van der Waals surface area contributed by atoms with Gasteiger partial charge in [0.1, 0.15) is 0 Å². The molecule has 4 rings (SSSR count). The number of carbonyl (C=O) groups excluding carboxylic acids is 1. The molecule has 2 heterocycles. The average Bonchev–Trinajstić information content (AvgIpc) is 3.33. The number of aromatic nitrogens is 3. The summed E-state index contributed by atoms with van der Waals surface area (Å²) in [5, 5.41) is 13.9. The molecule has 1 aliphatic rings. The quantitative estimate of drug-likeness (QED) is 0.416. The van der Waals surface area contributed by atoms with E-state index in [1.807, 2.05) is 18.3 Å². The number of aromatic amines is 1. The third kappa shape index (κ3) is 4.19. The predicted octanol–water partition coefficient (Wildman–Crippen LogP) is 5.30. The molecule has 5 nitrogen and oxygen atoms in total. The van der Waals surface area contributed by atoms with Crippen molar-refractivity contribution in [3.8, 4) is 0 Å². The Morgan fingerprint density at radius 1 is 1.30 bits per heavy atom. The van der Waals surface area contributed by atoms with Crippen LogP contribution < -0.4 is 5.32 Å². The van der Waals surface area contributed by atoms with Gasteiger partial charge in [-0.15, -0.1) is 10.2 Å². The summed E-state index contributed by atoms with van der Waals surface area (Å²) in [6, 6.07) is 6.65. The number of benzene rings is 1. The van der Waals surface area contributed by atoms with Crippen LogP contribution in [0.2, 0.25) is 0 Å². The normalized spacial score (nSPS) is 15.3. The first-order valence-corrected chi connectivity index (χ1v) is 11.4. The van der Waals surface area contributed by atoms with Crippen molar-refractivity contribution in [3.63, 3.8) is 0 Å². The van der Waals surface area contributed by atoms with E-state index < -0.39 is 0 Å². The Bertz CT molecular complexity index is 927. The molecule has 2 aromatic heterocycles. The van der Waals surface area contributed by atoms with Crippen LogP contribution in [0.4, 0.5) is 5.13 Å². The van der Waals surface area contributed by atoms with Crippen molar-refractivity contribution in [1.82, 2.24) is 15.2 Å². The molecule has 2 N–H and O–H groups in total. The van der Waals surface area contributed by atoms with Crippen molar-refractivity contribution in [2.24, 2.45) is 0 Å². The van der Waals surface area contributed by atoms with Crippen molar-refractivity contribution < 1.29 is 4.79 Å². The van der Waals surface area contributed by atoms with E-state index >= 15 is 0 Å². The first-order chi connectivity index (χ1) is 13.2. The molecule has 1 fully saturated rings.